The third-order valence-corrected chi connectivity index (χ3v) is 6.50. The van der Waals surface area contributed by atoms with E-state index < -0.39 is 0 Å². The number of allylic oxidation sites excluding steroid dienone is 4. The zero-order chi connectivity index (χ0) is 18.6. The number of rotatable bonds is 5. The number of benzene rings is 1. The van der Waals surface area contributed by atoms with E-state index in [1.165, 1.54) is 5.56 Å². The third-order valence-electron chi connectivity index (χ3n) is 6.22. The van der Waals surface area contributed by atoms with Crippen LogP contribution in [0.1, 0.15) is 44.6 Å². The number of nitrogens with two attached hydrogens (primary N) is 1. The molecule has 1 unspecified atom stereocenters. The van der Waals surface area contributed by atoms with Crippen molar-refractivity contribution in [3.8, 4) is 0 Å². The van der Waals surface area contributed by atoms with Crippen LogP contribution in [0, 0.1) is 11.3 Å². The smallest absolute Gasteiger partial charge is 0.219 e. The first-order chi connectivity index (χ1) is 12.5. The fraction of sp³-hybridized carbons (Fsp3) is 0.500. The Labute approximate surface area is 161 Å². The minimum absolute atomic E-state index is 0.108. The lowest BCUT2D eigenvalue weighted by Crippen LogP contribution is -2.47. The summed E-state index contributed by atoms with van der Waals surface area (Å²) in [6, 6.07) is 10.5. The van der Waals surface area contributed by atoms with Crippen LogP contribution in [0.3, 0.4) is 0 Å². The summed E-state index contributed by atoms with van der Waals surface area (Å²) in [7, 11) is 0. The standard InChI is InChI=1S/C22H29ClN2O/c1-17(26)25(15-18-6-3-2-4-7-18)21-10-12-22(16-24,13-11-21)19-8-5-9-20(23)14-19/h2-9,19,21H,10-16,24H2,1H3/t19?,21-,22-. The maximum absolute atomic E-state index is 12.3. The molecule has 0 saturated heterocycles. The lowest BCUT2D eigenvalue weighted by molar-refractivity contribution is -0.133. The van der Waals surface area contributed by atoms with Gasteiger partial charge in [-0.1, -0.05) is 54.1 Å². The number of halogens is 1. The zero-order valence-corrected chi connectivity index (χ0v) is 16.3. The van der Waals surface area contributed by atoms with E-state index in [1.54, 1.807) is 6.92 Å². The third kappa shape index (κ3) is 4.21. The number of amides is 1. The Bertz CT molecular complexity index is 675. The Morgan fingerprint density at radius 3 is 2.54 bits per heavy atom. The predicted molar refractivity (Wildman–Crippen MR) is 108 cm³/mol. The molecule has 0 heterocycles. The van der Waals surface area contributed by atoms with Gasteiger partial charge in [0.05, 0.1) is 0 Å². The topological polar surface area (TPSA) is 46.3 Å². The molecule has 26 heavy (non-hydrogen) atoms. The summed E-state index contributed by atoms with van der Waals surface area (Å²) in [5.41, 5.74) is 7.54. The van der Waals surface area contributed by atoms with Gasteiger partial charge in [-0.2, -0.15) is 0 Å². The van der Waals surface area contributed by atoms with Gasteiger partial charge in [0.1, 0.15) is 0 Å². The van der Waals surface area contributed by atoms with Gasteiger partial charge in [0.15, 0.2) is 0 Å². The quantitative estimate of drug-likeness (QED) is 0.819. The molecule has 1 aromatic carbocycles. The molecule has 0 spiro atoms. The van der Waals surface area contributed by atoms with Crippen LogP contribution in [0.15, 0.2) is 53.6 Å². The molecule has 1 aromatic rings. The van der Waals surface area contributed by atoms with Crippen LogP contribution in [0.2, 0.25) is 0 Å². The molecule has 3 nitrogen and oxygen atoms in total. The Kier molecular flexibility index (Phi) is 6.20. The SMILES string of the molecule is CC(=O)N(Cc1ccccc1)[C@H]1CC[C@](CN)(C2C=CC=C(Cl)C2)CC1. The first kappa shape index (κ1) is 19.2. The molecule has 2 N–H and O–H groups in total. The predicted octanol–water partition coefficient (Wildman–Crippen LogP) is 4.62. The van der Waals surface area contributed by atoms with Crippen molar-refractivity contribution in [3.63, 3.8) is 0 Å². The average molecular weight is 373 g/mol. The van der Waals surface area contributed by atoms with Gasteiger partial charge in [-0.3, -0.25) is 4.79 Å². The van der Waals surface area contributed by atoms with Crippen LogP contribution in [0.5, 0.6) is 0 Å². The van der Waals surface area contributed by atoms with Gasteiger partial charge in [0, 0.05) is 24.5 Å². The fourth-order valence-corrected chi connectivity index (χ4v) is 4.79. The lowest BCUT2D eigenvalue weighted by atomic mass is 9.63. The Balaban J connectivity index is 1.68. The summed E-state index contributed by atoms with van der Waals surface area (Å²) in [4.78, 5) is 14.3. The van der Waals surface area contributed by atoms with E-state index in [2.05, 4.69) is 24.3 Å². The average Bonchev–Trinajstić information content (AvgIpc) is 2.67. The summed E-state index contributed by atoms with van der Waals surface area (Å²) in [6.07, 6.45) is 11.3. The van der Waals surface area contributed by atoms with E-state index in [0.717, 1.165) is 37.1 Å². The van der Waals surface area contributed by atoms with Crippen molar-refractivity contribution in [1.29, 1.82) is 0 Å². The number of hydrogen-bond acceptors (Lipinski definition) is 2. The van der Waals surface area contributed by atoms with Gasteiger partial charge < -0.3 is 10.6 Å². The van der Waals surface area contributed by atoms with Crippen LogP contribution >= 0.6 is 11.6 Å². The molecular formula is C22H29ClN2O. The molecule has 1 amide bonds. The highest BCUT2D eigenvalue weighted by Crippen LogP contribution is 2.47. The van der Waals surface area contributed by atoms with E-state index in [1.807, 2.05) is 29.2 Å². The molecule has 2 aliphatic carbocycles. The number of nitrogens with zero attached hydrogens (tertiary/aromatic N) is 1. The first-order valence-electron chi connectivity index (χ1n) is 9.58. The van der Waals surface area contributed by atoms with Crippen LogP contribution in [0.25, 0.3) is 0 Å². The largest absolute Gasteiger partial charge is 0.336 e. The second-order valence-corrected chi connectivity index (χ2v) is 8.22. The Hall–Kier alpha value is -1.58. The maximum atomic E-state index is 12.3. The number of hydrogen-bond donors (Lipinski definition) is 1. The molecule has 0 radical (unpaired) electrons. The van der Waals surface area contributed by atoms with Crippen molar-refractivity contribution in [3.05, 3.63) is 59.2 Å². The van der Waals surface area contributed by atoms with Crippen LogP contribution in [0.4, 0.5) is 0 Å². The molecular weight excluding hydrogens is 344 g/mol. The second kappa shape index (κ2) is 8.41. The molecule has 1 fully saturated rings. The maximum Gasteiger partial charge on any atom is 0.219 e. The molecule has 1 atom stereocenters. The molecule has 1 saturated carbocycles. The highest BCUT2D eigenvalue weighted by atomic mass is 35.5. The fourth-order valence-electron chi connectivity index (χ4n) is 4.55. The van der Waals surface area contributed by atoms with Crippen molar-refractivity contribution < 1.29 is 4.79 Å². The lowest BCUT2D eigenvalue weighted by Gasteiger charge is -2.47. The molecule has 0 aliphatic heterocycles. The molecule has 140 valence electrons. The summed E-state index contributed by atoms with van der Waals surface area (Å²) in [5, 5.41) is 0.918. The second-order valence-electron chi connectivity index (χ2n) is 7.74. The molecule has 3 rings (SSSR count). The van der Waals surface area contributed by atoms with Crippen LogP contribution in [-0.2, 0) is 11.3 Å². The highest BCUT2D eigenvalue weighted by molar-refractivity contribution is 6.29. The van der Waals surface area contributed by atoms with Gasteiger partial charge in [-0.05, 0) is 61.6 Å². The van der Waals surface area contributed by atoms with E-state index in [9.17, 15) is 4.79 Å². The first-order valence-corrected chi connectivity index (χ1v) is 9.96. The van der Waals surface area contributed by atoms with Crippen molar-refractivity contribution >= 4 is 17.5 Å². The molecule has 2 aliphatic rings. The van der Waals surface area contributed by atoms with Crippen molar-refractivity contribution in [2.45, 2.75) is 51.6 Å². The Morgan fingerprint density at radius 1 is 1.27 bits per heavy atom. The zero-order valence-electron chi connectivity index (χ0n) is 15.5. The van der Waals surface area contributed by atoms with Crippen LogP contribution < -0.4 is 5.73 Å². The minimum Gasteiger partial charge on any atom is -0.336 e. The normalized spacial score (nSPS) is 28.5. The summed E-state index contributed by atoms with van der Waals surface area (Å²) < 4.78 is 0. The van der Waals surface area contributed by atoms with Gasteiger partial charge in [0.2, 0.25) is 5.91 Å². The summed E-state index contributed by atoms with van der Waals surface area (Å²) in [6.45, 7) is 3.05. The van der Waals surface area contributed by atoms with Gasteiger partial charge >= 0.3 is 0 Å². The highest BCUT2D eigenvalue weighted by Gasteiger charge is 2.41. The van der Waals surface area contributed by atoms with Crippen molar-refractivity contribution in [2.75, 3.05) is 6.54 Å². The monoisotopic (exact) mass is 372 g/mol. The van der Waals surface area contributed by atoms with E-state index >= 15 is 0 Å². The molecule has 0 aromatic heterocycles. The van der Waals surface area contributed by atoms with E-state index in [0.29, 0.717) is 25.0 Å². The number of carbonyl (C=O) groups is 1. The van der Waals surface area contributed by atoms with Crippen molar-refractivity contribution in [2.24, 2.45) is 17.1 Å². The van der Waals surface area contributed by atoms with Gasteiger partial charge in [-0.15, -0.1) is 0 Å². The van der Waals surface area contributed by atoms with Crippen molar-refractivity contribution in [1.82, 2.24) is 4.90 Å². The van der Waals surface area contributed by atoms with Gasteiger partial charge in [-0.25, -0.2) is 0 Å². The van der Waals surface area contributed by atoms with E-state index in [-0.39, 0.29) is 11.3 Å². The van der Waals surface area contributed by atoms with E-state index in [4.69, 9.17) is 17.3 Å². The summed E-state index contributed by atoms with van der Waals surface area (Å²) in [5.74, 6) is 0.563. The van der Waals surface area contributed by atoms with Crippen LogP contribution in [-0.4, -0.2) is 23.4 Å². The minimum atomic E-state index is 0.108. The van der Waals surface area contributed by atoms with Gasteiger partial charge in [0.25, 0.3) is 0 Å². The molecule has 0 bridgehead atoms. The summed E-state index contributed by atoms with van der Waals surface area (Å²) >= 11 is 6.28. The molecule has 4 heteroatoms. The Morgan fingerprint density at radius 2 is 1.96 bits per heavy atom. The number of carbonyl (C=O) groups excluding carboxylic acids is 1.